The van der Waals surface area contributed by atoms with Gasteiger partial charge in [0.15, 0.2) is 0 Å². The second-order valence-electron chi connectivity index (χ2n) is 5.03. The maximum absolute atomic E-state index is 12.4. The van der Waals surface area contributed by atoms with Gasteiger partial charge in [-0.2, -0.15) is 0 Å². The fraction of sp³-hybridized carbons (Fsp3) is 0.188. The minimum absolute atomic E-state index is 0.0726. The molecule has 0 aliphatic heterocycles. The van der Waals surface area contributed by atoms with E-state index in [9.17, 15) is 4.79 Å². The van der Waals surface area contributed by atoms with Crippen molar-refractivity contribution in [1.82, 2.24) is 0 Å². The van der Waals surface area contributed by atoms with Gasteiger partial charge in [0, 0.05) is 0 Å². The van der Waals surface area contributed by atoms with Crippen LogP contribution in [-0.4, -0.2) is 5.91 Å². The Hall–Kier alpha value is -2.29. The molecule has 0 fully saturated rings. The third-order valence-corrected chi connectivity index (χ3v) is 3.27. The first-order valence-corrected chi connectivity index (χ1v) is 6.23. The Labute approximate surface area is 113 Å². The van der Waals surface area contributed by atoms with Crippen LogP contribution in [-0.2, 0) is 10.2 Å². The normalized spacial score (nSPS) is 11.1. The second kappa shape index (κ2) is 5.14. The summed E-state index contributed by atoms with van der Waals surface area (Å²) in [7, 11) is 0. The van der Waals surface area contributed by atoms with Crippen molar-refractivity contribution < 1.29 is 4.79 Å². The lowest BCUT2D eigenvalue weighted by molar-refractivity contribution is -0.120. The van der Waals surface area contributed by atoms with Crippen LogP contribution in [0.1, 0.15) is 19.4 Å². The summed E-state index contributed by atoms with van der Waals surface area (Å²) in [5, 5.41) is 2.89. The Morgan fingerprint density at radius 1 is 1.00 bits per heavy atom. The molecule has 0 saturated carbocycles. The number of amides is 1. The van der Waals surface area contributed by atoms with Crippen molar-refractivity contribution in [2.45, 2.75) is 19.3 Å². The van der Waals surface area contributed by atoms with Crippen molar-refractivity contribution in [1.29, 1.82) is 0 Å². The number of nitrogens with two attached hydrogens (primary N) is 1. The number of carbonyl (C=O) groups is 1. The Morgan fingerprint density at radius 3 is 2.21 bits per heavy atom. The van der Waals surface area contributed by atoms with Crippen molar-refractivity contribution >= 4 is 17.3 Å². The molecule has 1 amide bonds. The van der Waals surface area contributed by atoms with E-state index in [0.29, 0.717) is 11.4 Å². The monoisotopic (exact) mass is 254 g/mol. The van der Waals surface area contributed by atoms with Crippen LogP contribution < -0.4 is 11.1 Å². The van der Waals surface area contributed by atoms with Gasteiger partial charge in [-0.1, -0.05) is 42.5 Å². The van der Waals surface area contributed by atoms with Crippen LogP contribution in [0.4, 0.5) is 11.4 Å². The van der Waals surface area contributed by atoms with E-state index in [4.69, 9.17) is 5.73 Å². The minimum Gasteiger partial charge on any atom is -0.397 e. The second-order valence-corrected chi connectivity index (χ2v) is 5.03. The number of nitrogens with one attached hydrogen (secondary N) is 1. The number of nitrogen functional groups attached to an aromatic ring is 1. The fourth-order valence-electron chi connectivity index (χ4n) is 1.88. The summed E-state index contributed by atoms with van der Waals surface area (Å²) < 4.78 is 0. The topological polar surface area (TPSA) is 55.1 Å². The zero-order chi connectivity index (χ0) is 13.9. The maximum atomic E-state index is 12.4. The SMILES string of the molecule is CC(C)(C(=O)Nc1ccccc1N)c1ccccc1. The van der Waals surface area contributed by atoms with E-state index in [1.54, 1.807) is 12.1 Å². The molecule has 0 aliphatic carbocycles. The standard InChI is InChI=1S/C16H18N2O/c1-16(2,12-8-4-3-5-9-12)15(19)18-14-11-7-6-10-13(14)17/h3-11H,17H2,1-2H3,(H,18,19). The molecule has 0 spiro atoms. The lowest BCUT2D eigenvalue weighted by Crippen LogP contribution is -2.34. The van der Waals surface area contributed by atoms with E-state index in [0.717, 1.165) is 5.56 Å². The van der Waals surface area contributed by atoms with Gasteiger partial charge in [-0.15, -0.1) is 0 Å². The van der Waals surface area contributed by atoms with Gasteiger partial charge in [0.05, 0.1) is 16.8 Å². The summed E-state index contributed by atoms with van der Waals surface area (Å²) in [6, 6.07) is 17.0. The van der Waals surface area contributed by atoms with E-state index in [-0.39, 0.29) is 5.91 Å². The Kier molecular flexibility index (Phi) is 3.56. The quantitative estimate of drug-likeness (QED) is 0.826. The summed E-state index contributed by atoms with van der Waals surface area (Å²) in [6.45, 7) is 3.80. The number of hydrogen-bond acceptors (Lipinski definition) is 2. The van der Waals surface area contributed by atoms with Crippen LogP contribution in [0.15, 0.2) is 54.6 Å². The lowest BCUT2D eigenvalue weighted by atomic mass is 9.83. The van der Waals surface area contributed by atoms with Crippen molar-refractivity contribution in [3.63, 3.8) is 0 Å². The third kappa shape index (κ3) is 2.76. The first-order chi connectivity index (χ1) is 9.01. The maximum Gasteiger partial charge on any atom is 0.234 e. The average Bonchev–Trinajstić information content (AvgIpc) is 2.42. The molecule has 0 unspecified atom stereocenters. The van der Waals surface area contributed by atoms with Gasteiger partial charge in [0.25, 0.3) is 0 Å². The molecule has 98 valence electrons. The Morgan fingerprint density at radius 2 is 1.58 bits per heavy atom. The van der Waals surface area contributed by atoms with Gasteiger partial charge >= 0.3 is 0 Å². The molecule has 19 heavy (non-hydrogen) atoms. The number of anilines is 2. The molecular formula is C16H18N2O. The van der Waals surface area contributed by atoms with Crippen LogP contribution in [0.2, 0.25) is 0 Å². The molecule has 0 saturated heterocycles. The molecule has 0 bridgehead atoms. The highest BCUT2D eigenvalue weighted by molar-refractivity contribution is 6.00. The van der Waals surface area contributed by atoms with Gasteiger partial charge < -0.3 is 11.1 Å². The molecule has 0 heterocycles. The zero-order valence-corrected chi connectivity index (χ0v) is 11.2. The summed E-state index contributed by atoms with van der Waals surface area (Å²) in [5.41, 5.74) is 7.42. The van der Waals surface area contributed by atoms with E-state index in [2.05, 4.69) is 5.32 Å². The first kappa shape index (κ1) is 13.1. The summed E-state index contributed by atoms with van der Waals surface area (Å²) in [6.07, 6.45) is 0. The molecule has 2 rings (SSSR count). The third-order valence-electron chi connectivity index (χ3n) is 3.27. The predicted molar refractivity (Wildman–Crippen MR) is 79.0 cm³/mol. The molecular weight excluding hydrogens is 236 g/mol. The minimum atomic E-state index is -0.608. The number of benzene rings is 2. The Balaban J connectivity index is 2.23. The van der Waals surface area contributed by atoms with Crippen molar-refractivity contribution in [3.8, 4) is 0 Å². The smallest absolute Gasteiger partial charge is 0.234 e. The summed E-state index contributed by atoms with van der Waals surface area (Å²) >= 11 is 0. The molecule has 0 aliphatic rings. The van der Waals surface area contributed by atoms with Gasteiger partial charge in [-0.05, 0) is 31.5 Å². The van der Waals surface area contributed by atoms with E-state index < -0.39 is 5.41 Å². The van der Waals surface area contributed by atoms with E-state index in [1.807, 2.05) is 56.3 Å². The number of para-hydroxylation sites is 2. The van der Waals surface area contributed by atoms with Crippen molar-refractivity contribution in [2.75, 3.05) is 11.1 Å². The zero-order valence-electron chi connectivity index (χ0n) is 11.2. The molecule has 3 heteroatoms. The number of hydrogen-bond donors (Lipinski definition) is 2. The van der Waals surface area contributed by atoms with E-state index >= 15 is 0 Å². The van der Waals surface area contributed by atoms with Gasteiger partial charge in [-0.3, -0.25) is 4.79 Å². The molecule has 3 N–H and O–H groups in total. The fourth-order valence-corrected chi connectivity index (χ4v) is 1.88. The van der Waals surface area contributed by atoms with Crippen LogP contribution in [0.25, 0.3) is 0 Å². The first-order valence-electron chi connectivity index (χ1n) is 6.23. The Bertz CT molecular complexity index is 576. The highest BCUT2D eigenvalue weighted by atomic mass is 16.2. The number of carbonyl (C=O) groups excluding carboxylic acids is 1. The van der Waals surface area contributed by atoms with Crippen LogP contribution in [0.3, 0.4) is 0 Å². The molecule has 0 atom stereocenters. The van der Waals surface area contributed by atoms with Crippen LogP contribution in [0, 0.1) is 0 Å². The highest BCUT2D eigenvalue weighted by Crippen LogP contribution is 2.26. The molecule has 0 aromatic heterocycles. The van der Waals surface area contributed by atoms with Gasteiger partial charge in [0.1, 0.15) is 0 Å². The highest BCUT2D eigenvalue weighted by Gasteiger charge is 2.29. The largest absolute Gasteiger partial charge is 0.397 e. The number of rotatable bonds is 3. The molecule has 0 radical (unpaired) electrons. The van der Waals surface area contributed by atoms with Crippen LogP contribution >= 0.6 is 0 Å². The molecule has 3 nitrogen and oxygen atoms in total. The lowest BCUT2D eigenvalue weighted by Gasteiger charge is -2.24. The van der Waals surface area contributed by atoms with E-state index in [1.165, 1.54) is 0 Å². The summed E-state index contributed by atoms with van der Waals surface area (Å²) in [4.78, 5) is 12.4. The molecule has 2 aromatic carbocycles. The molecule has 2 aromatic rings. The van der Waals surface area contributed by atoms with Gasteiger partial charge in [-0.25, -0.2) is 0 Å². The average molecular weight is 254 g/mol. The summed E-state index contributed by atoms with van der Waals surface area (Å²) in [5.74, 6) is -0.0726. The van der Waals surface area contributed by atoms with Crippen molar-refractivity contribution in [3.05, 3.63) is 60.2 Å². The predicted octanol–water partition coefficient (Wildman–Crippen LogP) is 3.19. The van der Waals surface area contributed by atoms with Crippen molar-refractivity contribution in [2.24, 2.45) is 0 Å². The van der Waals surface area contributed by atoms with Gasteiger partial charge in [0.2, 0.25) is 5.91 Å². The van der Waals surface area contributed by atoms with Crippen LogP contribution in [0.5, 0.6) is 0 Å².